The van der Waals surface area contributed by atoms with Gasteiger partial charge in [-0.15, -0.1) is 0 Å². The fourth-order valence-electron chi connectivity index (χ4n) is 2.53. The molecule has 1 aromatic rings. The molecule has 1 fully saturated rings. The third kappa shape index (κ3) is 5.06. The molecule has 0 bridgehead atoms. The number of guanidine groups is 1. The van der Waals surface area contributed by atoms with Crippen molar-refractivity contribution in [2.75, 3.05) is 26.7 Å². The highest BCUT2D eigenvalue weighted by atomic mass is 32.2. The highest BCUT2D eigenvalue weighted by Crippen LogP contribution is 2.30. The minimum Gasteiger partial charge on any atom is -0.356 e. The van der Waals surface area contributed by atoms with Crippen LogP contribution in [0.5, 0.6) is 0 Å². The van der Waals surface area contributed by atoms with Crippen molar-refractivity contribution in [2.45, 2.75) is 31.8 Å². The Hall–Kier alpha value is -1.89. The van der Waals surface area contributed by atoms with Crippen LogP contribution in [0, 0.1) is 12.8 Å². The first kappa shape index (κ1) is 20.4. The Morgan fingerprint density at radius 3 is 2.50 bits per heavy atom. The average molecular weight is 398 g/mol. The molecule has 1 saturated heterocycles. The minimum atomic E-state index is -5.25. The highest BCUT2D eigenvalue weighted by Gasteiger charge is 2.50. The molecule has 13 heteroatoms. The molecule has 0 atom stereocenters. The van der Waals surface area contributed by atoms with Gasteiger partial charge in [0.05, 0.1) is 6.54 Å². The monoisotopic (exact) mass is 398 g/mol. The van der Waals surface area contributed by atoms with Crippen molar-refractivity contribution in [3.8, 4) is 0 Å². The Bertz CT molecular complexity index is 726. The van der Waals surface area contributed by atoms with Gasteiger partial charge in [0.1, 0.15) is 0 Å². The van der Waals surface area contributed by atoms with Gasteiger partial charge in [-0.2, -0.15) is 22.5 Å². The number of hydrogen-bond donors (Lipinski definition) is 2. The molecule has 0 radical (unpaired) electrons. The van der Waals surface area contributed by atoms with Crippen molar-refractivity contribution >= 4 is 16.0 Å². The van der Waals surface area contributed by atoms with Gasteiger partial charge in [0, 0.05) is 26.7 Å². The molecule has 0 amide bonds. The van der Waals surface area contributed by atoms with E-state index in [1.165, 1.54) is 0 Å². The van der Waals surface area contributed by atoms with E-state index < -0.39 is 15.5 Å². The summed E-state index contributed by atoms with van der Waals surface area (Å²) >= 11 is 0. The van der Waals surface area contributed by atoms with Crippen LogP contribution >= 0.6 is 0 Å². The van der Waals surface area contributed by atoms with Gasteiger partial charge >= 0.3 is 15.5 Å². The van der Waals surface area contributed by atoms with Crippen LogP contribution in [0.3, 0.4) is 0 Å². The molecule has 1 aromatic heterocycles. The number of aryl methyl sites for hydroxylation is 1. The maximum Gasteiger partial charge on any atom is 0.511 e. The number of aliphatic imine (C=N–C) groups is 1. The van der Waals surface area contributed by atoms with E-state index >= 15 is 0 Å². The molecule has 2 N–H and O–H groups in total. The van der Waals surface area contributed by atoms with E-state index in [0.29, 0.717) is 41.4 Å². The normalized spacial score (nSPS) is 18.1. The maximum absolute atomic E-state index is 12.6. The van der Waals surface area contributed by atoms with Gasteiger partial charge in [-0.05, 0) is 25.7 Å². The first-order chi connectivity index (χ1) is 12.1. The number of hydrogen-bond acceptors (Lipinski definition) is 6. The van der Waals surface area contributed by atoms with Crippen LogP contribution in [0.15, 0.2) is 9.52 Å². The summed E-state index contributed by atoms with van der Waals surface area (Å²) in [4.78, 5) is 8.07. The standard InChI is InChI=1S/C13H21F3N6O3S/c1-9-20-11(25-21-9)8-19-12(17-2)18-7-10-3-5-22(6-4-10)26(23,24)13(14,15)16/h10H,3-8H2,1-2H3,(H2,17,18,19). The smallest absolute Gasteiger partial charge is 0.356 e. The van der Waals surface area contributed by atoms with Crippen molar-refractivity contribution in [2.24, 2.45) is 10.9 Å². The van der Waals surface area contributed by atoms with Crippen LogP contribution in [0.4, 0.5) is 13.2 Å². The second-order valence-electron chi connectivity index (χ2n) is 5.84. The van der Waals surface area contributed by atoms with E-state index in [9.17, 15) is 21.6 Å². The number of sulfonamides is 1. The summed E-state index contributed by atoms with van der Waals surface area (Å²) in [7, 11) is -3.67. The van der Waals surface area contributed by atoms with Crippen LogP contribution in [-0.4, -0.2) is 61.0 Å². The summed E-state index contributed by atoms with van der Waals surface area (Å²) in [6.45, 7) is 2.14. The molecule has 1 aliphatic rings. The van der Waals surface area contributed by atoms with E-state index in [-0.39, 0.29) is 25.6 Å². The van der Waals surface area contributed by atoms with Gasteiger partial charge in [0.15, 0.2) is 11.8 Å². The molecule has 0 aliphatic carbocycles. The number of alkyl halides is 3. The Morgan fingerprint density at radius 2 is 2.00 bits per heavy atom. The number of nitrogens with zero attached hydrogens (tertiary/aromatic N) is 4. The molecule has 0 unspecified atom stereocenters. The van der Waals surface area contributed by atoms with Crippen LogP contribution in [0.2, 0.25) is 0 Å². The van der Waals surface area contributed by atoms with Crippen molar-refractivity contribution in [3.63, 3.8) is 0 Å². The summed E-state index contributed by atoms with van der Waals surface area (Å²) in [6, 6.07) is 0. The SMILES string of the molecule is CN=C(NCc1nc(C)no1)NCC1CCN(S(=O)(=O)C(F)(F)F)CC1. The molecule has 0 spiro atoms. The lowest BCUT2D eigenvalue weighted by Gasteiger charge is -2.31. The predicted molar refractivity (Wildman–Crippen MR) is 86.5 cm³/mol. The largest absolute Gasteiger partial charge is 0.511 e. The molecule has 2 heterocycles. The van der Waals surface area contributed by atoms with Crippen molar-refractivity contribution in [1.29, 1.82) is 0 Å². The summed E-state index contributed by atoms with van der Waals surface area (Å²) in [5.41, 5.74) is -5.25. The Labute approximate surface area is 149 Å². The predicted octanol–water partition coefficient (Wildman–Crippen LogP) is 0.605. The summed E-state index contributed by atoms with van der Waals surface area (Å²) < 4.78 is 65.9. The maximum atomic E-state index is 12.6. The highest BCUT2D eigenvalue weighted by molar-refractivity contribution is 7.90. The Balaban J connectivity index is 1.76. The summed E-state index contributed by atoms with van der Waals surface area (Å²) in [5, 5.41) is 9.70. The van der Waals surface area contributed by atoms with Gasteiger partial charge in [-0.3, -0.25) is 4.99 Å². The molecule has 1 aliphatic heterocycles. The Kier molecular flexibility index (Phi) is 6.44. The molecule has 2 rings (SSSR count). The molecular formula is C13H21F3N6O3S. The van der Waals surface area contributed by atoms with Crippen molar-refractivity contribution in [3.05, 3.63) is 11.7 Å². The fraction of sp³-hybridized carbons (Fsp3) is 0.769. The molecule has 0 aromatic carbocycles. The number of aromatic nitrogens is 2. The van der Waals surface area contributed by atoms with Gasteiger partial charge in [-0.25, -0.2) is 8.42 Å². The lowest BCUT2D eigenvalue weighted by molar-refractivity contribution is -0.0496. The first-order valence-electron chi connectivity index (χ1n) is 7.93. The van der Waals surface area contributed by atoms with Crippen LogP contribution in [-0.2, 0) is 16.6 Å². The van der Waals surface area contributed by atoms with Gasteiger partial charge in [0.25, 0.3) is 0 Å². The van der Waals surface area contributed by atoms with E-state index in [0.717, 1.165) is 0 Å². The number of rotatable bonds is 5. The van der Waals surface area contributed by atoms with Crippen LogP contribution in [0.25, 0.3) is 0 Å². The van der Waals surface area contributed by atoms with Crippen molar-refractivity contribution in [1.82, 2.24) is 25.1 Å². The quantitative estimate of drug-likeness (QED) is 0.552. The molecule has 148 valence electrons. The average Bonchev–Trinajstić information content (AvgIpc) is 3.00. The third-order valence-electron chi connectivity index (χ3n) is 3.96. The summed E-state index contributed by atoms with van der Waals surface area (Å²) in [5.74, 6) is 1.44. The first-order valence-corrected chi connectivity index (χ1v) is 9.37. The Morgan fingerprint density at radius 1 is 1.35 bits per heavy atom. The fourth-order valence-corrected chi connectivity index (χ4v) is 3.52. The zero-order valence-corrected chi connectivity index (χ0v) is 15.2. The number of piperidine rings is 1. The topological polar surface area (TPSA) is 113 Å². The van der Waals surface area contributed by atoms with E-state index in [2.05, 4.69) is 25.8 Å². The van der Waals surface area contributed by atoms with Crippen LogP contribution < -0.4 is 10.6 Å². The molecule has 9 nitrogen and oxygen atoms in total. The second kappa shape index (κ2) is 8.20. The molecule has 26 heavy (non-hydrogen) atoms. The zero-order chi connectivity index (χ0) is 19.4. The second-order valence-corrected chi connectivity index (χ2v) is 7.76. The summed E-state index contributed by atoms with van der Waals surface area (Å²) in [6.07, 6.45) is 0.671. The molecule has 0 saturated carbocycles. The van der Waals surface area contributed by atoms with E-state index in [1.54, 1.807) is 14.0 Å². The lowest BCUT2D eigenvalue weighted by Crippen LogP contribution is -2.47. The van der Waals surface area contributed by atoms with Gasteiger partial charge in [-0.1, -0.05) is 5.16 Å². The third-order valence-corrected chi connectivity index (χ3v) is 5.59. The lowest BCUT2D eigenvalue weighted by atomic mass is 9.98. The van der Waals surface area contributed by atoms with Gasteiger partial charge < -0.3 is 15.2 Å². The number of nitrogens with one attached hydrogen (secondary N) is 2. The minimum absolute atomic E-state index is 0.0406. The van der Waals surface area contributed by atoms with E-state index in [4.69, 9.17) is 4.52 Å². The zero-order valence-electron chi connectivity index (χ0n) is 14.4. The van der Waals surface area contributed by atoms with Crippen molar-refractivity contribution < 1.29 is 26.1 Å². The van der Waals surface area contributed by atoms with E-state index in [1.807, 2.05) is 0 Å². The van der Waals surface area contributed by atoms with Crippen LogP contribution in [0.1, 0.15) is 24.6 Å². The van der Waals surface area contributed by atoms with Gasteiger partial charge in [0.2, 0.25) is 5.89 Å². The molecular weight excluding hydrogens is 377 g/mol. The number of halogens is 3.